The molecule has 0 unspecified atom stereocenters. The predicted octanol–water partition coefficient (Wildman–Crippen LogP) is 2.82. The highest BCUT2D eigenvalue weighted by atomic mass is 16.5. The third kappa shape index (κ3) is 9.10. The Bertz CT molecular complexity index is 191. The van der Waals surface area contributed by atoms with Crippen LogP contribution in [0.2, 0.25) is 0 Å². The van der Waals surface area contributed by atoms with Crippen molar-refractivity contribution in [3.8, 4) is 0 Å². The number of carbonyl (C=O) groups excluding carboxylic acids is 1. The van der Waals surface area contributed by atoms with Crippen LogP contribution in [0, 0.1) is 5.92 Å². The van der Waals surface area contributed by atoms with Crippen molar-refractivity contribution >= 4 is 5.97 Å². The second-order valence-corrected chi connectivity index (χ2v) is 3.84. The van der Waals surface area contributed by atoms with Crippen LogP contribution in [0.25, 0.3) is 0 Å². The average Bonchev–Trinajstić information content (AvgIpc) is 2.01. The summed E-state index contributed by atoms with van der Waals surface area (Å²) in [5, 5.41) is 8.76. The van der Waals surface area contributed by atoms with Crippen molar-refractivity contribution in [1.82, 2.24) is 0 Å². The van der Waals surface area contributed by atoms with Gasteiger partial charge in [-0.05, 0) is 25.7 Å². The zero-order chi connectivity index (χ0) is 11.0. The molecule has 0 aliphatic heterocycles. The van der Waals surface area contributed by atoms with Crippen molar-refractivity contribution in [2.75, 3.05) is 6.61 Å². The maximum absolute atomic E-state index is 10.9. The molecule has 14 heavy (non-hydrogen) atoms. The molecule has 0 saturated heterocycles. The van der Waals surface area contributed by atoms with Crippen molar-refractivity contribution in [2.45, 2.75) is 40.0 Å². The first kappa shape index (κ1) is 13.0. The van der Waals surface area contributed by atoms with Gasteiger partial charge >= 0.3 is 5.97 Å². The summed E-state index contributed by atoms with van der Waals surface area (Å²) in [7, 11) is 0. The summed E-state index contributed by atoms with van der Waals surface area (Å²) in [6.07, 6.45) is 4.21. The number of carbonyl (C=O) groups is 1. The lowest BCUT2D eigenvalue weighted by Gasteiger charge is -2.04. The Morgan fingerprint density at radius 3 is 2.57 bits per heavy atom. The molecule has 0 aromatic rings. The summed E-state index contributed by atoms with van der Waals surface area (Å²) in [4.78, 5) is 10.9. The fourth-order valence-electron chi connectivity index (χ4n) is 1.04. The lowest BCUT2D eigenvalue weighted by Crippen LogP contribution is -2.03. The number of aliphatic hydroxyl groups is 1. The van der Waals surface area contributed by atoms with Crippen LogP contribution in [-0.2, 0) is 9.53 Å². The van der Waals surface area contributed by atoms with Crippen LogP contribution in [0.15, 0.2) is 11.8 Å². The van der Waals surface area contributed by atoms with Crippen LogP contribution in [-0.4, -0.2) is 17.7 Å². The van der Waals surface area contributed by atoms with Gasteiger partial charge in [-0.3, -0.25) is 0 Å². The van der Waals surface area contributed by atoms with E-state index in [1.807, 2.05) is 0 Å². The van der Waals surface area contributed by atoms with Crippen LogP contribution in [0.1, 0.15) is 40.0 Å². The van der Waals surface area contributed by atoms with Gasteiger partial charge in [0.2, 0.25) is 0 Å². The molecule has 0 radical (unpaired) electrons. The van der Waals surface area contributed by atoms with Gasteiger partial charge in [0.05, 0.1) is 18.4 Å². The van der Waals surface area contributed by atoms with Gasteiger partial charge in [0, 0.05) is 0 Å². The summed E-state index contributed by atoms with van der Waals surface area (Å²) in [5.41, 5.74) is 0. The number of allylic oxidation sites excluding steroid dienone is 1. The highest BCUT2D eigenvalue weighted by Gasteiger charge is 1.99. The topological polar surface area (TPSA) is 46.5 Å². The third-order valence-electron chi connectivity index (χ3n) is 1.75. The monoisotopic (exact) mass is 200 g/mol. The molecule has 3 heteroatoms. The zero-order valence-corrected chi connectivity index (χ0v) is 9.25. The van der Waals surface area contributed by atoms with E-state index in [0.717, 1.165) is 25.3 Å². The van der Waals surface area contributed by atoms with Crippen molar-refractivity contribution in [3.63, 3.8) is 0 Å². The van der Waals surface area contributed by atoms with Crippen molar-refractivity contribution in [3.05, 3.63) is 11.8 Å². The number of ether oxygens (including phenoxy) is 1. The molecule has 0 aromatic carbocycles. The molecule has 0 aromatic heterocycles. The second-order valence-electron chi connectivity index (χ2n) is 3.84. The maximum Gasteiger partial charge on any atom is 0.334 e. The van der Waals surface area contributed by atoms with E-state index in [9.17, 15) is 4.79 Å². The third-order valence-corrected chi connectivity index (χ3v) is 1.75. The highest BCUT2D eigenvalue weighted by Crippen LogP contribution is 2.06. The van der Waals surface area contributed by atoms with Gasteiger partial charge in [0.15, 0.2) is 0 Å². The molecule has 3 nitrogen and oxygen atoms in total. The number of esters is 1. The Kier molecular flexibility index (Phi) is 6.89. The molecule has 0 bridgehead atoms. The van der Waals surface area contributed by atoms with E-state index in [1.165, 1.54) is 6.92 Å². The Labute approximate surface area is 85.8 Å². The van der Waals surface area contributed by atoms with Crippen LogP contribution in [0.3, 0.4) is 0 Å². The van der Waals surface area contributed by atoms with Crippen LogP contribution in [0.4, 0.5) is 0 Å². The smallest absolute Gasteiger partial charge is 0.334 e. The van der Waals surface area contributed by atoms with Crippen molar-refractivity contribution in [1.29, 1.82) is 0 Å². The second kappa shape index (κ2) is 7.42. The van der Waals surface area contributed by atoms with E-state index in [4.69, 9.17) is 9.84 Å². The molecule has 0 rings (SSSR count). The van der Waals surface area contributed by atoms with E-state index in [1.54, 1.807) is 0 Å². The molecule has 82 valence electrons. The first-order valence-electron chi connectivity index (χ1n) is 5.06. The van der Waals surface area contributed by atoms with Gasteiger partial charge in [-0.25, -0.2) is 4.79 Å². The minimum atomic E-state index is -0.463. The lowest BCUT2D eigenvalue weighted by atomic mass is 10.1. The number of rotatable bonds is 6. The minimum Gasteiger partial charge on any atom is -0.512 e. The van der Waals surface area contributed by atoms with Gasteiger partial charge in [0.1, 0.15) is 0 Å². The van der Waals surface area contributed by atoms with Gasteiger partial charge in [-0.15, -0.1) is 0 Å². The standard InChI is InChI=1S/C11H20O3/c1-9(2)6-4-5-7-14-11(13)8-10(3)12/h8-9,12H,4-7H2,1-3H3/b10-8-. The van der Waals surface area contributed by atoms with E-state index in [0.29, 0.717) is 12.5 Å². The van der Waals surface area contributed by atoms with Gasteiger partial charge in [0.25, 0.3) is 0 Å². The summed E-state index contributed by atoms with van der Waals surface area (Å²) in [6.45, 7) is 6.23. The molecule has 0 heterocycles. The largest absolute Gasteiger partial charge is 0.512 e. The molecule has 0 spiro atoms. The average molecular weight is 200 g/mol. The minimum absolute atomic E-state index is 0.0165. The molecule has 0 aliphatic rings. The summed E-state index contributed by atoms with van der Waals surface area (Å²) >= 11 is 0. The predicted molar refractivity (Wildman–Crippen MR) is 56.0 cm³/mol. The quantitative estimate of drug-likeness (QED) is 0.310. The van der Waals surface area contributed by atoms with E-state index in [2.05, 4.69) is 13.8 Å². The highest BCUT2D eigenvalue weighted by molar-refractivity contribution is 5.82. The SMILES string of the molecule is C/C(O)=C/C(=O)OCCCCC(C)C. The number of unbranched alkanes of at least 4 members (excludes halogenated alkanes) is 1. The van der Waals surface area contributed by atoms with Gasteiger partial charge < -0.3 is 9.84 Å². The Hall–Kier alpha value is -0.990. The lowest BCUT2D eigenvalue weighted by molar-refractivity contribution is -0.138. The molecule has 1 N–H and O–H groups in total. The Balaban J connectivity index is 3.37. The first-order chi connectivity index (χ1) is 6.52. The normalized spacial score (nSPS) is 11.9. The molecule has 0 amide bonds. The van der Waals surface area contributed by atoms with E-state index in [-0.39, 0.29) is 5.76 Å². The summed E-state index contributed by atoms with van der Waals surface area (Å²) < 4.78 is 4.86. The fraction of sp³-hybridized carbons (Fsp3) is 0.727. The Morgan fingerprint density at radius 1 is 1.43 bits per heavy atom. The van der Waals surface area contributed by atoms with Crippen LogP contribution < -0.4 is 0 Å². The maximum atomic E-state index is 10.9. The number of aliphatic hydroxyl groups excluding tert-OH is 1. The molecule has 0 aliphatic carbocycles. The number of hydrogen-bond donors (Lipinski definition) is 1. The molecular weight excluding hydrogens is 180 g/mol. The summed E-state index contributed by atoms with van der Waals surface area (Å²) in [5.74, 6) is 0.219. The zero-order valence-electron chi connectivity index (χ0n) is 9.25. The van der Waals surface area contributed by atoms with E-state index >= 15 is 0 Å². The van der Waals surface area contributed by atoms with Crippen LogP contribution >= 0.6 is 0 Å². The van der Waals surface area contributed by atoms with E-state index < -0.39 is 5.97 Å². The fourth-order valence-corrected chi connectivity index (χ4v) is 1.04. The Morgan fingerprint density at radius 2 is 2.07 bits per heavy atom. The van der Waals surface area contributed by atoms with Crippen molar-refractivity contribution in [2.24, 2.45) is 5.92 Å². The van der Waals surface area contributed by atoms with Gasteiger partial charge in [-0.1, -0.05) is 20.3 Å². The number of hydrogen-bond acceptors (Lipinski definition) is 3. The summed E-state index contributed by atoms with van der Waals surface area (Å²) in [6, 6.07) is 0. The van der Waals surface area contributed by atoms with Crippen LogP contribution in [0.5, 0.6) is 0 Å². The van der Waals surface area contributed by atoms with Gasteiger partial charge in [-0.2, -0.15) is 0 Å². The van der Waals surface area contributed by atoms with Crippen molar-refractivity contribution < 1.29 is 14.6 Å². The molecule has 0 fully saturated rings. The molecule has 0 saturated carbocycles. The molecule has 0 atom stereocenters. The molecular formula is C11H20O3. The first-order valence-corrected chi connectivity index (χ1v) is 5.06.